The molecule has 8 rings (SSSR count). The fourth-order valence-corrected chi connectivity index (χ4v) is 6.50. The van der Waals surface area contributed by atoms with Crippen LogP contribution in [0.1, 0.15) is 11.1 Å². The fourth-order valence-electron chi connectivity index (χ4n) is 6.50. The van der Waals surface area contributed by atoms with Gasteiger partial charge in [0.15, 0.2) is 0 Å². The summed E-state index contributed by atoms with van der Waals surface area (Å²) in [6, 6.07) is 47.0. The molecular weight excluding hydrogens is 560 g/mol. The minimum absolute atomic E-state index is 0.594. The standard InChI is InChI=1S/C42H26N4/c43-25-27-15-17-45-41(19-27)33-7-3-5-29(21-33)31-11-13-37-35-9-1-2-10-36(35)38-14-12-32(24-40(38)39(37)23-31)30-6-4-8-34(22-30)42-20-28(26-44)16-18-46-42/h1-17,19-24,46H,18H2. The van der Waals surface area contributed by atoms with E-state index in [9.17, 15) is 10.5 Å². The molecule has 1 aromatic heterocycles. The minimum atomic E-state index is 0.594. The van der Waals surface area contributed by atoms with Crippen LogP contribution in [0.5, 0.6) is 0 Å². The van der Waals surface area contributed by atoms with E-state index in [0.29, 0.717) is 17.7 Å². The van der Waals surface area contributed by atoms with Gasteiger partial charge < -0.3 is 5.32 Å². The zero-order chi connectivity index (χ0) is 31.0. The number of hydrogen-bond acceptors (Lipinski definition) is 4. The smallest absolute Gasteiger partial charge is 0.0992 e. The molecule has 0 atom stereocenters. The molecule has 1 aliphatic rings. The summed E-state index contributed by atoms with van der Waals surface area (Å²) in [5, 5.41) is 29.5. The van der Waals surface area contributed by atoms with Gasteiger partial charge in [-0.3, -0.25) is 4.98 Å². The molecule has 0 aliphatic carbocycles. The van der Waals surface area contributed by atoms with Crippen molar-refractivity contribution in [2.24, 2.45) is 0 Å². The lowest BCUT2D eigenvalue weighted by molar-refractivity contribution is 0.988. The molecule has 7 aromatic rings. The molecule has 46 heavy (non-hydrogen) atoms. The molecule has 0 saturated carbocycles. The molecular formula is C42H26N4. The molecule has 0 unspecified atom stereocenters. The van der Waals surface area contributed by atoms with Gasteiger partial charge in [-0.2, -0.15) is 10.5 Å². The Morgan fingerprint density at radius 3 is 1.76 bits per heavy atom. The molecule has 0 fully saturated rings. The maximum absolute atomic E-state index is 9.42. The van der Waals surface area contributed by atoms with Crippen LogP contribution in [0.3, 0.4) is 0 Å². The zero-order valence-corrected chi connectivity index (χ0v) is 24.8. The van der Waals surface area contributed by atoms with Crippen molar-refractivity contribution in [3.63, 3.8) is 0 Å². The first kappa shape index (κ1) is 27.1. The lowest BCUT2D eigenvalue weighted by Crippen LogP contribution is -2.15. The highest BCUT2D eigenvalue weighted by atomic mass is 14.9. The van der Waals surface area contributed by atoms with Crippen LogP contribution in [-0.2, 0) is 0 Å². The van der Waals surface area contributed by atoms with Crippen LogP contribution in [0.15, 0.2) is 145 Å². The summed E-state index contributed by atoms with van der Waals surface area (Å²) in [6.07, 6.45) is 5.50. The Hall–Kier alpha value is -6.49. The number of nitrogens with one attached hydrogen (secondary N) is 1. The molecule has 1 N–H and O–H groups in total. The highest BCUT2D eigenvalue weighted by Crippen LogP contribution is 2.39. The first-order chi connectivity index (χ1) is 22.7. The van der Waals surface area contributed by atoms with Gasteiger partial charge in [0, 0.05) is 24.0 Å². The van der Waals surface area contributed by atoms with E-state index in [0.717, 1.165) is 44.8 Å². The van der Waals surface area contributed by atoms with Gasteiger partial charge in [0.25, 0.3) is 0 Å². The number of nitrogens with zero attached hydrogens (tertiary/aromatic N) is 3. The average molecular weight is 587 g/mol. The summed E-state index contributed by atoms with van der Waals surface area (Å²) in [4.78, 5) is 4.52. The maximum Gasteiger partial charge on any atom is 0.0992 e. The normalized spacial score (nSPS) is 12.7. The van der Waals surface area contributed by atoms with Crippen molar-refractivity contribution in [3.05, 3.63) is 156 Å². The summed E-state index contributed by atoms with van der Waals surface area (Å²) in [6.45, 7) is 0.641. The Morgan fingerprint density at radius 2 is 1.11 bits per heavy atom. The first-order valence-corrected chi connectivity index (χ1v) is 15.2. The van der Waals surface area contributed by atoms with Gasteiger partial charge in [0.2, 0.25) is 0 Å². The minimum Gasteiger partial charge on any atom is -0.381 e. The molecule has 214 valence electrons. The Kier molecular flexibility index (Phi) is 6.60. The van der Waals surface area contributed by atoms with Gasteiger partial charge in [-0.25, -0.2) is 0 Å². The summed E-state index contributed by atoms with van der Waals surface area (Å²) in [5.74, 6) is 0. The van der Waals surface area contributed by atoms with Crippen molar-refractivity contribution in [1.82, 2.24) is 10.3 Å². The Bertz CT molecular complexity index is 2510. The van der Waals surface area contributed by atoms with Crippen LogP contribution in [0, 0.1) is 22.7 Å². The predicted octanol–water partition coefficient (Wildman–Crippen LogP) is 9.81. The number of allylic oxidation sites excluding steroid dienone is 2. The molecule has 6 aromatic carbocycles. The average Bonchev–Trinajstić information content (AvgIpc) is 3.14. The molecule has 0 bridgehead atoms. The van der Waals surface area contributed by atoms with E-state index in [-0.39, 0.29) is 0 Å². The first-order valence-electron chi connectivity index (χ1n) is 15.2. The quantitative estimate of drug-likeness (QED) is 0.208. The fraction of sp³-hybridized carbons (Fsp3) is 0.0238. The molecule has 0 radical (unpaired) electrons. The van der Waals surface area contributed by atoms with E-state index in [2.05, 4.69) is 120 Å². The van der Waals surface area contributed by atoms with Gasteiger partial charge in [0.05, 0.1) is 29.0 Å². The number of fused-ring (bicyclic) bond motifs is 6. The molecule has 0 spiro atoms. The van der Waals surface area contributed by atoms with E-state index in [1.165, 1.54) is 32.3 Å². The number of aromatic nitrogens is 1. The molecule has 2 heterocycles. The second-order valence-corrected chi connectivity index (χ2v) is 11.5. The van der Waals surface area contributed by atoms with E-state index >= 15 is 0 Å². The number of benzene rings is 6. The monoisotopic (exact) mass is 586 g/mol. The van der Waals surface area contributed by atoms with E-state index < -0.39 is 0 Å². The lowest BCUT2D eigenvalue weighted by atomic mass is 9.90. The largest absolute Gasteiger partial charge is 0.381 e. The van der Waals surface area contributed by atoms with Gasteiger partial charge in [0.1, 0.15) is 0 Å². The summed E-state index contributed by atoms with van der Waals surface area (Å²) < 4.78 is 0. The summed E-state index contributed by atoms with van der Waals surface area (Å²) in [7, 11) is 0. The highest BCUT2D eigenvalue weighted by molar-refractivity contribution is 6.26. The molecule has 1 aliphatic heterocycles. The number of hydrogen-bond donors (Lipinski definition) is 1. The van der Waals surface area contributed by atoms with E-state index in [1.807, 2.05) is 30.4 Å². The SMILES string of the molecule is N#CC1=CCNC(c2cccc(-c3ccc4c5ccccc5c5ccc(-c6cccc(-c7cc(C#N)ccn7)c6)cc5c4c3)c2)=C1. The van der Waals surface area contributed by atoms with Crippen molar-refractivity contribution < 1.29 is 0 Å². The summed E-state index contributed by atoms with van der Waals surface area (Å²) in [5.41, 5.74) is 9.50. The van der Waals surface area contributed by atoms with Gasteiger partial charge in [-0.15, -0.1) is 0 Å². The van der Waals surface area contributed by atoms with Crippen molar-refractivity contribution in [3.8, 4) is 45.6 Å². The third kappa shape index (κ3) is 4.76. The molecule has 0 saturated heterocycles. The van der Waals surface area contributed by atoms with Crippen molar-refractivity contribution in [2.45, 2.75) is 0 Å². The van der Waals surface area contributed by atoms with Crippen LogP contribution in [0.2, 0.25) is 0 Å². The Morgan fingerprint density at radius 1 is 0.522 bits per heavy atom. The topological polar surface area (TPSA) is 72.5 Å². The Labute approximate surface area is 266 Å². The van der Waals surface area contributed by atoms with Gasteiger partial charge in [-0.05, 0) is 109 Å². The van der Waals surface area contributed by atoms with Crippen LogP contribution in [-0.4, -0.2) is 11.5 Å². The zero-order valence-electron chi connectivity index (χ0n) is 24.8. The van der Waals surface area contributed by atoms with Crippen LogP contribution < -0.4 is 5.32 Å². The third-order valence-electron chi connectivity index (χ3n) is 8.77. The van der Waals surface area contributed by atoms with Crippen molar-refractivity contribution >= 4 is 38.0 Å². The predicted molar refractivity (Wildman–Crippen MR) is 187 cm³/mol. The van der Waals surface area contributed by atoms with Crippen molar-refractivity contribution in [1.29, 1.82) is 10.5 Å². The number of rotatable bonds is 4. The maximum atomic E-state index is 9.42. The van der Waals surface area contributed by atoms with Crippen molar-refractivity contribution in [2.75, 3.05) is 6.54 Å². The summed E-state index contributed by atoms with van der Waals surface area (Å²) >= 11 is 0. The van der Waals surface area contributed by atoms with E-state index in [4.69, 9.17) is 0 Å². The Balaban J connectivity index is 1.29. The highest BCUT2D eigenvalue weighted by Gasteiger charge is 2.13. The van der Waals surface area contributed by atoms with Gasteiger partial charge in [-0.1, -0.05) is 84.9 Å². The second kappa shape index (κ2) is 11.2. The molecule has 0 amide bonds. The van der Waals surface area contributed by atoms with E-state index in [1.54, 1.807) is 12.3 Å². The van der Waals surface area contributed by atoms with Crippen LogP contribution >= 0.6 is 0 Å². The third-order valence-corrected chi connectivity index (χ3v) is 8.77. The lowest BCUT2D eigenvalue weighted by Gasteiger charge is -2.16. The number of pyridine rings is 1. The van der Waals surface area contributed by atoms with Crippen LogP contribution in [0.25, 0.3) is 71.5 Å². The number of nitriles is 2. The number of dihydropyridines is 1. The van der Waals surface area contributed by atoms with Gasteiger partial charge >= 0.3 is 0 Å². The second-order valence-electron chi connectivity index (χ2n) is 11.5. The molecule has 4 nitrogen and oxygen atoms in total. The van der Waals surface area contributed by atoms with Crippen LogP contribution in [0.4, 0.5) is 0 Å². The molecule has 4 heteroatoms.